The first-order chi connectivity index (χ1) is 10.1. The molecule has 118 valence electrons. The minimum absolute atomic E-state index is 0.0445. The van der Waals surface area contributed by atoms with Crippen LogP contribution in [0.2, 0.25) is 0 Å². The Hall–Kier alpha value is -0.720. The molecule has 0 radical (unpaired) electrons. The van der Waals surface area contributed by atoms with Crippen molar-refractivity contribution in [1.82, 2.24) is 14.9 Å². The van der Waals surface area contributed by atoms with Crippen molar-refractivity contribution in [1.29, 1.82) is 0 Å². The molecule has 1 fully saturated rings. The first-order valence-corrected chi connectivity index (χ1v) is 8.45. The fourth-order valence-corrected chi connectivity index (χ4v) is 3.09. The third-order valence-electron chi connectivity index (χ3n) is 3.78. The van der Waals surface area contributed by atoms with Crippen LogP contribution in [0.3, 0.4) is 0 Å². The number of aryl methyl sites for hydroxylation is 1. The Labute approximate surface area is 135 Å². The smallest absolute Gasteiger partial charge is 0.161 e. The summed E-state index contributed by atoms with van der Waals surface area (Å²) in [6.45, 7) is 9.16. The van der Waals surface area contributed by atoms with Crippen LogP contribution in [0.4, 0.5) is 5.82 Å². The second kappa shape index (κ2) is 7.51. The number of ether oxygens (including phenoxy) is 1. The molecule has 1 aliphatic rings. The Balaban J connectivity index is 2.27. The Kier molecular flexibility index (Phi) is 5.96. The maximum absolute atomic E-state index is 5.91. The van der Waals surface area contributed by atoms with Gasteiger partial charge in [0, 0.05) is 26.2 Å². The van der Waals surface area contributed by atoms with Gasteiger partial charge in [-0.2, -0.15) is 0 Å². The van der Waals surface area contributed by atoms with Crippen molar-refractivity contribution in [2.24, 2.45) is 0 Å². The van der Waals surface area contributed by atoms with Gasteiger partial charge in [0.05, 0.1) is 16.8 Å². The molecule has 0 aromatic carbocycles. The van der Waals surface area contributed by atoms with Crippen molar-refractivity contribution in [3.05, 3.63) is 16.0 Å². The zero-order valence-corrected chi connectivity index (χ0v) is 14.9. The molecule has 1 N–H and O–H groups in total. The van der Waals surface area contributed by atoms with Crippen LogP contribution in [0.25, 0.3) is 0 Å². The van der Waals surface area contributed by atoms with Gasteiger partial charge >= 0.3 is 0 Å². The zero-order valence-electron chi connectivity index (χ0n) is 13.3. The summed E-state index contributed by atoms with van der Waals surface area (Å²) < 4.78 is 6.87. The maximum Gasteiger partial charge on any atom is 0.161 e. The number of morpholine rings is 1. The van der Waals surface area contributed by atoms with E-state index in [0.29, 0.717) is 6.04 Å². The van der Waals surface area contributed by atoms with Gasteiger partial charge in [-0.3, -0.25) is 4.90 Å². The number of anilines is 1. The molecule has 1 aliphatic heterocycles. The number of halogens is 1. The summed E-state index contributed by atoms with van der Waals surface area (Å²) >= 11 is 3.60. The van der Waals surface area contributed by atoms with E-state index in [9.17, 15) is 0 Å². The summed E-state index contributed by atoms with van der Waals surface area (Å²) in [5.41, 5.74) is 1.05. The number of nitrogens with one attached hydrogen (secondary N) is 1. The molecule has 0 aliphatic carbocycles. The summed E-state index contributed by atoms with van der Waals surface area (Å²) in [4.78, 5) is 11.8. The number of hydrogen-bond donors (Lipinski definition) is 1. The molecule has 6 heteroatoms. The van der Waals surface area contributed by atoms with Crippen molar-refractivity contribution in [2.45, 2.75) is 45.8 Å². The number of hydrogen-bond acceptors (Lipinski definition) is 5. The summed E-state index contributed by atoms with van der Waals surface area (Å²) in [7, 11) is 1.88. The van der Waals surface area contributed by atoms with Gasteiger partial charge in [0.25, 0.3) is 0 Å². The molecule has 1 aromatic rings. The fraction of sp³-hybridized carbons (Fsp3) is 0.733. The summed E-state index contributed by atoms with van der Waals surface area (Å²) in [5.74, 6) is 1.63. The highest BCUT2D eigenvalue weighted by Gasteiger charge is 2.27. The van der Waals surface area contributed by atoms with Gasteiger partial charge in [0.2, 0.25) is 0 Å². The average molecular weight is 357 g/mol. The van der Waals surface area contributed by atoms with Gasteiger partial charge in [0.15, 0.2) is 5.82 Å². The van der Waals surface area contributed by atoms with Gasteiger partial charge in [-0.05, 0) is 36.2 Å². The molecule has 2 heterocycles. The van der Waals surface area contributed by atoms with E-state index < -0.39 is 0 Å². The van der Waals surface area contributed by atoms with E-state index >= 15 is 0 Å². The van der Waals surface area contributed by atoms with Gasteiger partial charge in [-0.15, -0.1) is 0 Å². The van der Waals surface area contributed by atoms with E-state index in [0.717, 1.165) is 54.3 Å². The van der Waals surface area contributed by atoms with E-state index in [4.69, 9.17) is 9.72 Å². The molecule has 0 saturated carbocycles. The predicted octanol–water partition coefficient (Wildman–Crippen LogP) is 3.02. The Morgan fingerprint density at radius 1 is 1.43 bits per heavy atom. The molecule has 1 unspecified atom stereocenters. The lowest BCUT2D eigenvalue weighted by atomic mass is 10.2. The lowest BCUT2D eigenvalue weighted by molar-refractivity contribution is -0.0443. The van der Waals surface area contributed by atoms with Crippen molar-refractivity contribution in [2.75, 3.05) is 32.1 Å². The van der Waals surface area contributed by atoms with Crippen LogP contribution >= 0.6 is 15.9 Å². The number of nitrogens with zero attached hydrogens (tertiary/aromatic N) is 3. The van der Waals surface area contributed by atoms with Gasteiger partial charge < -0.3 is 10.1 Å². The molecule has 1 saturated heterocycles. The number of rotatable bonds is 5. The third kappa shape index (κ3) is 3.93. The molecular formula is C15H25BrN4O. The van der Waals surface area contributed by atoms with Crippen molar-refractivity contribution in [3.63, 3.8) is 0 Å². The van der Waals surface area contributed by atoms with Crippen LogP contribution in [-0.2, 0) is 11.2 Å². The second-order valence-corrected chi connectivity index (χ2v) is 6.43. The fourth-order valence-electron chi connectivity index (χ4n) is 2.52. The predicted molar refractivity (Wildman–Crippen MR) is 88.7 cm³/mol. The first kappa shape index (κ1) is 16.6. The Bertz CT molecular complexity index is 481. The van der Waals surface area contributed by atoms with Crippen molar-refractivity contribution < 1.29 is 4.74 Å². The molecular weight excluding hydrogens is 332 g/mol. The summed E-state index contributed by atoms with van der Waals surface area (Å²) in [6.07, 6.45) is 1.95. The molecule has 1 aromatic heterocycles. The SMILES string of the molecule is CCCc1nc(C2CN(C(C)C)CCO2)nc(NC)c1Br. The van der Waals surface area contributed by atoms with Gasteiger partial charge in [-0.1, -0.05) is 13.3 Å². The van der Waals surface area contributed by atoms with E-state index in [2.05, 4.69) is 51.9 Å². The molecule has 21 heavy (non-hydrogen) atoms. The molecule has 2 rings (SSSR count). The minimum atomic E-state index is -0.0445. The molecule has 0 spiro atoms. The first-order valence-electron chi connectivity index (χ1n) is 7.66. The molecule has 5 nitrogen and oxygen atoms in total. The summed E-state index contributed by atoms with van der Waals surface area (Å²) in [6, 6.07) is 0.519. The van der Waals surface area contributed by atoms with Gasteiger partial charge in [0.1, 0.15) is 11.9 Å². The highest BCUT2D eigenvalue weighted by molar-refractivity contribution is 9.10. The second-order valence-electron chi connectivity index (χ2n) is 5.64. The molecule has 1 atom stereocenters. The largest absolute Gasteiger partial charge is 0.372 e. The topological polar surface area (TPSA) is 50.3 Å². The van der Waals surface area contributed by atoms with Crippen LogP contribution in [0.1, 0.15) is 44.8 Å². The zero-order chi connectivity index (χ0) is 15.4. The van der Waals surface area contributed by atoms with Crippen LogP contribution in [0, 0.1) is 0 Å². The standard InChI is InChI=1S/C15H25BrN4O/c1-5-6-11-13(16)15(17-4)19-14(18-11)12-9-20(10(2)3)7-8-21-12/h10,12H,5-9H2,1-4H3,(H,17,18,19). The normalized spacial score (nSPS) is 20.0. The monoisotopic (exact) mass is 356 g/mol. The van der Waals surface area contributed by atoms with E-state index in [-0.39, 0.29) is 6.10 Å². The minimum Gasteiger partial charge on any atom is -0.372 e. The van der Waals surface area contributed by atoms with Crippen LogP contribution in [0.15, 0.2) is 4.47 Å². The van der Waals surface area contributed by atoms with Crippen molar-refractivity contribution in [3.8, 4) is 0 Å². The lowest BCUT2D eigenvalue weighted by Gasteiger charge is -2.35. The van der Waals surface area contributed by atoms with Gasteiger partial charge in [-0.25, -0.2) is 9.97 Å². The van der Waals surface area contributed by atoms with Crippen LogP contribution in [-0.4, -0.2) is 47.7 Å². The Morgan fingerprint density at radius 2 is 2.19 bits per heavy atom. The van der Waals surface area contributed by atoms with E-state index in [1.807, 2.05) is 7.05 Å². The van der Waals surface area contributed by atoms with Crippen LogP contribution < -0.4 is 5.32 Å². The summed E-state index contributed by atoms with van der Waals surface area (Å²) in [5, 5.41) is 3.14. The quantitative estimate of drug-likeness (QED) is 0.878. The lowest BCUT2D eigenvalue weighted by Crippen LogP contribution is -2.42. The Morgan fingerprint density at radius 3 is 2.81 bits per heavy atom. The van der Waals surface area contributed by atoms with Crippen LogP contribution in [0.5, 0.6) is 0 Å². The van der Waals surface area contributed by atoms with E-state index in [1.165, 1.54) is 0 Å². The average Bonchev–Trinajstić information content (AvgIpc) is 2.49. The molecule has 0 amide bonds. The maximum atomic E-state index is 5.91. The highest BCUT2D eigenvalue weighted by Crippen LogP contribution is 2.28. The highest BCUT2D eigenvalue weighted by atomic mass is 79.9. The van der Waals surface area contributed by atoms with Crippen molar-refractivity contribution >= 4 is 21.7 Å². The third-order valence-corrected chi connectivity index (χ3v) is 4.61. The molecule has 0 bridgehead atoms. The number of aromatic nitrogens is 2. The van der Waals surface area contributed by atoms with E-state index in [1.54, 1.807) is 0 Å².